The number of aromatic hydroxyl groups is 1. The summed E-state index contributed by atoms with van der Waals surface area (Å²) in [4.78, 5) is 0. The molecule has 1 aliphatic heterocycles. The van der Waals surface area contributed by atoms with Crippen LogP contribution in [-0.2, 0) is 12.8 Å². The van der Waals surface area contributed by atoms with Gasteiger partial charge in [-0.15, -0.1) is 0 Å². The molecule has 0 unspecified atom stereocenters. The molecule has 0 fully saturated rings. The van der Waals surface area contributed by atoms with Crippen molar-refractivity contribution in [3.63, 3.8) is 0 Å². The molecule has 0 saturated heterocycles. The molecule has 2 aromatic rings. The Morgan fingerprint density at radius 1 is 0.962 bits per heavy atom. The van der Waals surface area contributed by atoms with E-state index in [1.54, 1.807) is 34.5 Å². The van der Waals surface area contributed by atoms with E-state index in [-0.39, 0.29) is 11.8 Å². The Morgan fingerprint density at radius 3 is 2.35 bits per heavy atom. The van der Waals surface area contributed by atoms with Crippen molar-refractivity contribution in [2.24, 2.45) is 0 Å². The minimum absolute atomic E-state index is 0.141. The van der Waals surface area contributed by atoms with Crippen LogP contribution >= 0.6 is 0 Å². The van der Waals surface area contributed by atoms with Gasteiger partial charge in [-0.1, -0.05) is 0 Å². The Labute approximate surface area is 152 Å². The first-order valence-corrected chi connectivity index (χ1v) is 8.62. The minimum Gasteiger partial charge on any atom is -0.504 e. The summed E-state index contributed by atoms with van der Waals surface area (Å²) < 4.78 is 22.5. The predicted molar refractivity (Wildman–Crippen MR) is 97.9 cm³/mol. The smallest absolute Gasteiger partial charge is 0.204 e. The maximum absolute atomic E-state index is 10.2. The summed E-state index contributed by atoms with van der Waals surface area (Å²) >= 11 is 0. The highest BCUT2D eigenvalue weighted by Gasteiger charge is 2.37. The largest absolute Gasteiger partial charge is 0.504 e. The van der Waals surface area contributed by atoms with Gasteiger partial charge in [-0.05, 0) is 48.2 Å². The van der Waals surface area contributed by atoms with Gasteiger partial charge in [0.15, 0.2) is 23.0 Å². The van der Waals surface area contributed by atoms with Gasteiger partial charge in [0.05, 0.1) is 28.4 Å². The molecule has 4 rings (SSSR count). The van der Waals surface area contributed by atoms with Gasteiger partial charge in [0.25, 0.3) is 0 Å². The second-order valence-electron chi connectivity index (χ2n) is 6.51. The van der Waals surface area contributed by atoms with Crippen molar-refractivity contribution in [2.45, 2.75) is 18.9 Å². The third-order valence-corrected chi connectivity index (χ3v) is 5.33. The first kappa shape index (κ1) is 16.8. The Morgan fingerprint density at radius 2 is 1.69 bits per heavy atom. The number of hydrogen-bond acceptors (Lipinski definition) is 6. The van der Waals surface area contributed by atoms with Gasteiger partial charge in [0.2, 0.25) is 5.75 Å². The monoisotopic (exact) mass is 357 g/mol. The predicted octanol–water partition coefficient (Wildman–Crippen LogP) is 2.84. The number of fused-ring (bicyclic) bond motifs is 2. The van der Waals surface area contributed by atoms with Gasteiger partial charge in [0.1, 0.15) is 0 Å². The van der Waals surface area contributed by atoms with Crippen LogP contribution in [-0.4, -0.2) is 40.1 Å². The Balaban J connectivity index is 2.11. The third-order valence-electron chi connectivity index (χ3n) is 5.33. The van der Waals surface area contributed by atoms with Gasteiger partial charge < -0.3 is 29.4 Å². The van der Waals surface area contributed by atoms with Crippen LogP contribution < -0.4 is 24.3 Å². The molecule has 2 aliphatic rings. The lowest BCUT2D eigenvalue weighted by atomic mass is 9.76. The van der Waals surface area contributed by atoms with Crippen LogP contribution in [0, 0.1) is 0 Å². The lowest BCUT2D eigenvalue weighted by Crippen LogP contribution is -2.34. The van der Waals surface area contributed by atoms with Crippen LogP contribution in [0.25, 0.3) is 11.1 Å². The van der Waals surface area contributed by atoms with E-state index in [0.717, 1.165) is 47.4 Å². The molecular formula is C20H23NO5. The molecule has 0 spiro atoms. The molecule has 6 nitrogen and oxygen atoms in total. The lowest BCUT2D eigenvalue weighted by Gasteiger charge is -2.36. The third kappa shape index (κ3) is 2.22. The number of methoxy groups -OCH3 is 4. The molecule has 6 heteroatoms. The van der Waals surface area contributed by atoms with Crippen LogP contribution in [0.1, 0.15) is 22.7 Å². The zero-order valence-corrected chi connectivity index (χ0v) is 15.4. The Bertz CT molecular complexity index is 877. The summed E-state index contributed by atoms with van der Waals surface area (Å²) in [7, 11) is 6.47. The highest BCUT2D eigenvalue weighted by Crippen LogP contribution is 2.56. The van der Waals surface area contributed by atoms with E-state index in [0.29, 0.717) is 17.2 Å². The molecule has 0 radical (unpaired) electrons. The fourth-order valence-electron chi connectivity index (χ4n) is 4.29. The van der Waals surface area contributed by atoms with E-state index in [2.05, 4.69) is 5.32 Å². The molecule has 138 valence electrons. The maximum Gasteiger partial charge on any atom is 0.204 e. The van der Waals surface area contributed by atoms with Crippen molar-refractivity contribution in [3.05, 3.63) is 28.8 Å². The number of nitrogens with one attached hydrogen (secondary N) is 1. The molecule has 26 heavy (non-hydrogen) atoms. The SMILES string of the molecule is COc1cc2c(cc1O)C[C@@H]1NCCc3c(OC)c(OC)c(OC)c-2c31. The topological polar surface area (TPSA) is 69.2 Å². The fraction of sp³-hybridized carbons (Fsp3) is 0.400. The van der Waals surface area contributed by atoms with Gasteiger partial charge in [-0.25, -0.2) is 0 Å². The molecule has 1 atom stereocenters. The van der Waals surface area contributed by atoms with Gasteiger partial charge >= 0.3 is 0 Å². The summed E-state index contributed by atoms with van der Waals surface area (Å²) in [5, 5.41) is 13.8. The Kier molecular flexibility index (Phi) is 4.07. The molecule has 2 N–H and O–H groups in total. The first-order chi connectivity index (χ1) is 12.6. The maximum atomic E-state index is 10.2. The van der Waals surface area contributed by atoms with Crippen LogP contribution in [0.2, 0.25) is 0 Å². The van der Waals surface area contributed by atoms with Crippen LogP contribution in [0.4, 0.5) is 0 Å². The van der Waals surface area contributed by atoms with Gasteiger partial charge in [-0.3, -0.25) is 0 Å². The van der Waals surface area contributed by atoms with Crippen LogP contribution in [0.15, 0.2) is 12.1 Å². The van der Waals surface area contributed by atoms with E-state index in [1.807, 2.05) is 6.07 Å². The molecular weight excluding hydrogens is 334 g/mol. The standard InChI is InChI=1S/C20H23NO5/c1-23-15-9-12-10(8-14(15)22)7-13-16-11(5-6-21-13)18(24-2)20(26-4)19(25-3)17(12)16/h8-9,13,21-22H,5-7H2,1-4H3/t13-/m0/s1. The second kappa shape index (κ2) is 6.29. The normalized spacial score (nSPS) is 17.2. The second-order valence-corrected chi connectivity index (χ2v) is 6.51. The van der Waals surface area contributed by atoms with Gasteiger partial charge in [-0.2, -0.15) is 0 Å². The number of phenolic OH excluding ortho intramolecular Hbond substituents is 1. The molecule has 0 aromatic heterocycles. The number of phenols is 1. The quantitative estimate of drug-likeness (QED) is 0.877. The summed E-state index contributed by atoms with van der Waals surface area (Å²) in [6, 6.07) is 3.80. The summed E-state index contributed by atoms with van der Waals surface area (Å²) in [6.07, 6.45) is 1.64. The molecule has 2 aromatic carbocycles. The number of rotatable bonds is 4. The molecule has 0 saturated carbocycles. The highest BCUT2D eigenvalue weighted by molar-refractivity contribution is 5.87. The summed E-state index contributed by atoms with van der Waals surface area (Å²) in [6.45, 7) is 0.862. The number of hydrogen-bond donors (Lipinski definition) is 2. The van der Waals surface area contributed by atoms with Crippen molar-refractivity contribution in [3.8, 4) is 39.9 Å². The minimum atomic E-state index is 0.141. The van der Waals surface area contributed by atoms with Crippen LogP contribution in [0.5, 0.6) is 28.7 Å². The fourth-order valence-corrected chi connectivity index (χ4v) is 4.29. The van der Waals surface area contributed by atoms with Crippen molar-refractivity contribution >= 4 is 0 Å². The zero-order chi connectivity index (χ0) is 18.4. The molecule has 0 bridgehead atoms. The van der Waals surface area contributed by atoms with E-state index in [4.69, 9.17) is 18.9 Å². The molecule has 1 heterocycles. The van der Waals surface area contributed by atoms with E-state index in [1.165, 1.54) is 5.56 Å². The van der Waals surface area contributed by atoms with E-state index >= 15 is 0 Å². The Hall–Kier alpha value is -2.60. The first-order valence-electron chi connectivity index (χ1n) is 8.62. The zero-order valence-electron chi connectivity index (χ0n) is 15.4. The summed E-state index contributed by atoms with van der Waals surface area (Å²) in [5.74, 6) is 2.57. The number of ether oxygens (including phenoxy) is 4. The molecule has 0 amide bonds. The average Bonchev–Trinajstić information content (AvgIpc) is 2.66. The molecule has 1 aliphatic carbocycles. The lowest BCUT2D eigenvalue weighted by molar-refractivity contribution is 0.318. The van der Waals surface area contributed by atoms with Crippen molar-refractivity contribution in [1.82, 2.24) is 5.32 Å². The van der Waals surface area contributed by atoms with Crippen molar-refractivity contribution in [1.29, 1.82) is 0 Å². The van der Waals surface area contributed by atoms with Crippen molar-refractivity contribution < 1.29 is 24.1 Å². The van der Waals surface area contributed by atoms with E-state index in [9.17, 15) is 5.11 Å². The summed E-state index contributed by atoms with van der Waals surface area (Å²) in [5.41, 5.74) is 5.37. The number of benzene rings is 2. The van der Waals surface area contributed by atoms with Gasteiger partial charge in [0, 0.05) is 17.2 Å². The highest BCUT2D eigenvalue weighted by atomic mass is 16.5. The van der Waals surface area contributed by atoms with E-state index < -0.39 is 0 Å². The van der Waals surface area contributed by atoms with Crippen molar-refractivity contribution in [2.75, 3.05) is 35.0 Å². The average molecular weight is 357 g/mol. The van der Waals surface area contributed by atoms with Crippen LogP contribution in [0.3, 0.4) is 0 Å².